The second-order valence-corrected chi connectivity index (χ2v) is 5.71. The molecular formula is C10H10BrNO5S. The lowest BCUT2D eigenvalue weighted by molar-refractivity contribution is 0.0661. The van der Waals surface area contributed by atoms with Crippen LogP contribution in [0.2, 0.25) is 0 Å². The third-order valence-electron chi connectivity index (χ3n) is 1.95. The highest BCUT2D eigenvalue weighted by Gasteiger charge is 2.24. The van der Waals surface area contributed by atoms with Crippen molar-refractivity contribution >= 4 is 31.9 Å². The van der Waals surface area contributed by atoms with Crippen molar-refractivity contribution in [3.05, 3.63) is 16.5 Å². The Morgan fingerprint density at radius 1 is 1.61 bits per heavy atom. The summed E-state index contributed by atoms with van der Waals surface area (Å²) in [4.78, 5) is 10.4. The van der Waals surface area contributed by atoms with Crippen LogP contribution < -0.4 is 4.72 Å². The number of rotatable bonds is 6. The lowest BCUT2D eigenvalue weighted by Gasteiger charge is -2.03. The molecule has 0 unspecified atom stereocenters. The van der Waals surface area contributed by atoms with Crippen molar-refractivity contribution in [2.24, 2.45) is 0 Å². The summed E-state index contributed by atoms with van der Waals surface area (Å²) in [6.45, 7) is 0.173. The molecule has 1 heterocycles. The summed E-state index contributed by atoms with van der Waals surface area (Å²) in [6.07, 6.45) is 5.99. The van der Waals surface area contributed by atoms with E-state index in [-0.39, 0.29) is 16.1 Å². The van der Waals surface area contributed by atoms with Crippen LogP contribution in [-0.4, -0.2) is 26.0 Å². The maximum atomic E-state index is 11.8. The molecule has 1 aromatic heterocycles. The van der Waals surface area contributed by atoms with E-state index in [4.69, 9.17) is 15.9 Å². The molecule has 0 fully saturated rings. The minimum Gasteiger partial charge on any atom is -0.475 e. The average Bonchev–Trinajstić information content (AvgIpc) is 2.68. The van der Waals surface area contributed by atoms with E-state index in [1.165, 1.54) is 0 Å². The Kier molecular flexibility index (Phi) is 4.95. The van der Waals surface area contributed by atoms with E-state index in [9.17, 15) is 13.2 Å². The molecule has 6 nitrogen and oxygen atoms in total. The molecule has 98 valence electrons. The predicted molar refractivity (Wildman–Crippen MR) is 66.6 cm³/mol. The molecule has 0 radical (unpaired) electrons. The van der Waals surface area contributed by atoms with Crippen LogP contribution in [0.1, 0.15) is 23.4 Å². The third kappa shape index (κ3) is 3.60. The van der Waals surface area contributed by atoms with Crippen LogP contribution in [0, 0.1) is 12.3 Å². The van der Waals surface area contributed by atoms with Gasteiger partial charge in [-0.05, 0) is 22.4 Å². The highest BCUT2D eigenvalue weighted by molar-refractivity contribution is 9.10. The fourth-order valence-corrected chi connectivity index (χ4v) is 3.13. The smallest absolute Gasteiger partial charge is 0.371 e. The predicted octanol–water partition coefficient (Wildman–Crippen LogP) is 1.43. The van der Waals surface area contributed by atoms with Crippen molar-refractivity contribution in [3.63, 3.8) is 0 Å². The molecule has 18 heavy (non-hydrogen) atoms. The Labute approximate surface area is 113 Å². The van der Waals surface area contributed by atoms with Gasteiger partial charge in [-0.1, -0.05) is 0 Å². The molecule has 0 spiro atoms. The van der Waals surface area contributed by atoms with Crippen LogP contribution in [0.25, 0.3) is 0 Å². The summed E-state index contributed by atoms with van der Waals surface area (Å²) in [6, 6.07) is 0.940. The number of nitrogens with one attached hydrogen (secondary N) is 1. The van der Waals surface area contributed by atoms with Crippen LogP contribution in [0.5, 0.6) is 0 Å². The van der Waals surface area contributed by atoms with Gasteiger partial charge in [-0.15, -0.1) is 12.3 Å². The molecule has 0 aliphatic rings. The van der Waals surface area contributed by atoms with Crippen LogP contribution in [-0.2, 0) is 10.0 Å². The zero-order valence-corrected chi connectivity index (χ0v) is 11.5. The summed E-state index contributed by atoms with van der Waals surface area (Å²) in [5.41, 5.74) is 0. The van der Waals surface area contributed by atoms with E-state index < -0.39 is 21.8 Å². The second-order valence-electron chi connectivity index (χ2n) is 3.26. The Morgan fingerprint density at radius 2 is 2.28 bits per heavy atom. The molecule has 1 rings (SSSR count). The van der Waals surface area contributed by atoms with Crippen molar-refractivity contribution < 1.29 is 22.7 Å². The maximum Gasteiger partial charge on any atom is 0.371 e. The number of aromatic carboxylic acids is 1. The SMILES string of the molecule is C#CCCCNS(=O)(=O)c1cc(C(=O)O)oc1Br. The van der Waals surface area contributed by atoms with Gasteiger partial charge in [-0.2, -0.15) is 0 Å². The summed E-state index contributed by atoms with van der Waals surface area (Å²) in [7, 11) is -3.81. The van der Waals surface area contributed by atoms with Crippen LogP contribution in [0.15, 0.2) is 20.0 Å². The van der Waals surface area contributed by atoms with Gasteiger partial charge in [-0.3, -0.25) is 0 Å². The first-order valence-corrected chi connectivity index (χ1v) is 7.12. The molecule has 0 aliphatic heterocycles. The average molecular weight is 336 g/mol. The van der Waals surface area contributed by atoms with Gasteiger partial charge in [0.25, 0.3) is 0 Å². The van der Waals surface area contributed by atoms with E-state index in [0.29, 0.717) is 12.8 Å². The van der Waals surface area contributed by atoms with Crippen molar-refractivity contribution in [1.29, 1.82) is 0 Å². The van der Waals surface area contributed by atoms with Gasteiger partial charge in [0.1, 0.15) is 4.90 Å². The van der Waals surface area contributed by atoms with Crippen molar-refractivity contribution in [2.45, 2.75) is 17.7 Å². The molecule has 2 N–H and O–H groups in total. The minimum absolute atomic E-state index is 0.149. The Hall–Kier alpha value is -1.30. The number of halogens is 1. The minimum atomic E-state index is -3.81. The molecule has 0 aromatic carbocycles. The summed E-state index contributed by atoms with van der Waals surface area (Å²) >= 11 is 2.86. The number of unbranched alkanes of at least 4 members (excludes halogenated alkanes) is 1. The van der Waals surface area contributed by atoms with Crippen LogP contribution in [0.3, 0.4) is 0 Å². The number of hydrogen-bond acceptors (Lipinski definition) is 4. The number of carbonyl (C=O) groups is 1. The lowest BCUT2D eigenvalue weighted by Crippen LogP contribution is -2.24. The van der Waals surface area contributed by atoms with E-state index in [2.05, 4.69) is 26.6 Å². The van der Waals surface area contributed by atoms with Crippen molar-refractivity contribution in [1.82, 2.24) is 4.72 Å². The highest BCUT2D eigenvalue weighted by Crippen LogP contribution is 2.25. The first-order valence-electron chi connectivity index (χ1n) is 4.84. The third-order valence-corrected chi connectivity index (χ3v) is 4.26. The largest absolute Gasteiger partial charge is 0.475 e. The summed E-state index contributed by atoms with van der Waals surface area (Å²) < 4.78 is 30.5. The van der Waals surface area contributed by atoms with Crippen LogP contribution >= 0.6 is 15.9 Å². The highest BCUT2D eigenvalue weighted by atomic mass is 79.9. The molecule has 0 saturated heterocycles. The van der Waals surface area contributed by atoms with Gasteiger partial charge >= 0.3 is 5.97 Å². The van der Waals surface area contributed by atoms with Crippen molar-refractivity contribution in [2.75, 3.05) is 6.54 Å². The zero-order valence-electron chi connectivity index (χ0n) is 9.14. The monoisotopic (exact) mass is 335 g/mol. The number of hydrogen-bond donors (Lipinski definition) is 2. The molecule has 0 amide bonds. The van der Waals surface area contributed by atoms with E-state index in [1.807, 2.05) is 0 Å². The van der Waals surface area contributed by atoms with Gasteiger partial charge in [0.05, 0.1) is 0 Å². The molecule has 1 aromatic rings. The quantitative estimate of drug-likeness (QED) is 0.605. The number of terminal acetylenes is 1. The van der Waals surface area contributed by atoms with Gasteiger partial charge in [0, 0.05) is 19.0 Å². The van der Waals surface area contributed by atoms with Gasteiger partial charge < -0.3 is 9.52 Å². The number of furan rings is 1. The first kappa shape index (κ1) is 14.8. The van der Waals surface area contributed by atoms with E-state index >= 15 is 0 Å². The zero-order chi connectivity index (χ0) is 13.8. The molecule has 0 aliphatic carbocycles. The topological polar surface area (TPSA) is 96.6 Å². The Balaban J connectivity index is 2.85. The van der Waals surface area contributed by atoms with Gasteiger partial charge in [0.15, 0.2) is 4.67 Å². The normalized spacial score (nSPS) is 11.1. The summed E-state index contributed by atoms with van der Waals surface area (Å²) in [5, 5.41) is 8.68. The second kappa shape index (κ2) is 6.04. The van der Waals surface area contributed by atoms with Crippen molar-refractivity contribution in [3.8, 4) is 12.3 Å². The fourth-order valence-electron chi connectivity index (χ4n) is 1.12. The van der Waals surface area contributed by atoms with E-state index in [0.717, 1.165) is 6.07 Å². The van der Waals surface area contributed by atoms with Crippen LogP contribution in [0.4, 0.5) is 0 Å². The Bertz CT molecular complexity index is 584. The molecule has 0 saturated carbocycles. The molecular weight excluding hydrogens is 326 g/mol. The maximum absolute atomic E-state index is 11.8. The summed E-state index contributed by atoms with van der Waals surface area (Å²) in [5.74, 6) is 0.588. The number of sulfonamides is 1. The molecule has 0 atom stereocenters. The van der Waals surface area contributed by atoms with Gasteiger partial charge in [-0.25, -0.2) is 17.9 Å². The standard InChI is InChI=1S/C10H10BrNO5S/c1-2-3-4-5-12-18(15,16)8-6-7(10(13)14)17-9(8)11/h1,6,12H,3-5H2,(H,13,14). The first-order chi connectivity index (χ1) is 8.38. The van der Waals surface area contributed by atoms with E-state index in [1.54, 1.807) is 0 Å². The van der Waals surface area contributed by atoms with Gasteiger partial charge in [0.2, 0.25) is 15.8 Å². The fraction of sp³-hybridized carbons (Fsp3) is 0.300. The lowest BCUT2D eigenvalue weighted by atomic mass is 10.3. The number of carboxylic acids is 1. The number of carboxylic acid groups (broad SMARTS) is 1. The Morgan fingerprint density at radius 3 is 2.78 bits per heavy atom. The molecule has 8 heteroatoms. The molecule has 0 bridgehead atoms.